The molecular weight excluding hydrogens is 303 g/mol. The van der Waals surface area contributed by atoms with Gasteiger partial charge in [0, 0.05) is 19.3 Å². The molecule has 0 spiro atoms. The molecule has 1 N–H and O–H groups in total. The summed E-state index contributed by atoms with van der Waals surface area (Å²) in [5.41, 5.74) is 0.199. The van der Waals surface area contributed by atoms with Gasteiger partial charge in [0.1, 0.15) is 12.4 Å². The second-order valence-corrected chi connectivity index (χ2v) is 5.09. The smallest absolute Gasteiger partial charge is 0.291 e. The molecule has 1 aliphatic heterocycles. The minimum absolute atomic E-state index is 0.0436. The number of aliphatic imine (C=N–C) groups is 1. The maximum absolute atomic E-state index is 13.2. The minimum Gasteiger partial charge on any atom is -0.463 e. The molecule has 0 saturated carbocycles. The van der Waals surface area contributed by atoms with Gasteiger partial charge in [0.2, 0.25) is 0 Å². The van der Waals surface area contributed by atoms with Gasteiger partial charge in [0.15, 0.2) is 0 Å². The first-order valence-electron chi connectivity index (χ1n) is 7.53. The van der Waals surface area contributed by atoms with Crippen molar-refractivity contribution in [1.29, 1.82) is 0 Å². The van der Waals surface area contributed by atoms with Crippen molar-refractivity contribution in [3.05, 3.63) is 35.6 Å². The van der Waals surface area contributed by atoms with Crippen LogP contribution < -0.4 is 5.32 Å². The Balaban J connectivity index is 1.97. The second-order valence-electron chi connectivity index (χ2n) is 5.09. The SMILES string of the molecule is COCCOC(=NCC1CCCO1)NC(=O)c1cccc(F)c1. The van der Waals surface area contributed by atoms with Crippen LogP contribution in [0, 0.1) is 5.82 Å². The van der Waals surface area contributed by atoms with E-state index in [0.29, 0.717) is 13.2 Å². The molecule has 1 saturated heterocycles. The molecule has 1 fully saturated rings. The number of halogens is 1. The molecule has 1 unspecified atom stereocenters. The molecule has 0 bridgehead atoms. The fraction of sp³-hybridized carbons (Fsp3) is 0.500. The predicted octanol–water partition coefficient (Wildman–Crippen LogP) is 1.75. The number of rotatable bonds is 6. The second kappa shape index (κ2) is 9.22. The van der Waals surface area contributed by atoms with Crippen molar-refractivity contribution in [1.82, 2.24) is 5.32 Å². The van der Waals surface area contributed by atoms with Gasteiger partial charge in [-0.1, -0.05) is 6.07 Å². The summed E-state index contributed by atoms with van der Waals surface area (Å²) in [6.07, 6.45) is 1.99. The van der Waals surface area contributed by atoms with Crippen LogP contribution in [-0.4, -0.2) is 51.5 Å². The molecule has 0 aromatic heterocycles. The molecular formula is C16H21FN2O4. The number of hydrogen-bond acceptors (Lipinski definition) is 5. The van der Waals surface area contributed by atoms with E-state index in [2.05, 4.69) is 10.3 Å². The van der Waals surface area contributed by atoms with E-state index in [4.69, 9.17) is 14.2 Å². The van der Waals surface area contributed by atoms with Crippen LogP contribution in [0.3, 0.4) is 0 Å². The number of carbonyl (C=O) groups excluding carboxylic acids is 1. The van der Waals surface area contributed by atoms with Crippen LogP contribution in [0.2, 0.25) is 0 Å². The Labute approximate surface area is 134 Å². The first-order chi connectivity index (χ1) is 11.2. The summed E-state index contributed by atoms with van der Waals surface area (Å²) < 4.78 is 29.0. The lowest BCUT2D eigenvalue weighted by Gasteiger charge is -2.12. The molecule has 1 atom stereocenters. The van der Waals surface area contributed by atoms with E-state index in [1.165, 1.54) is 18.2 Å². The number of hydrogen-bond donors (Lipinski definition) is 1. The molecule has 7 heteroatoms. The number of amidine groups is 1. The lowest BCUT2D eigenvalue weighted by atomic mass is 10.2. The van der Waals surface area contributed by atoms with Crippen molar-refractivity contribution in [2.75, 3.05) is 33.5 Å². The van der Waals surface area contributed by atoms with Gasteiger partial charge in [-0.2, -0.15) is 0 Å². The van der Waals surface area contributed by atoms with Gasteiger partial charge in [-0.15, -0.1) is 0 Å². The number of benzene rings is 1. The van der Waals surface area contributed by atoms with Crippen molar-refractivity contribution in [3.8, 4) is 0 Å². The average molecular weight is 324 g/mol. The topological polar surface area (TPSA) is 69.2 Å². The Bertz CT molecular complexity index is 545. The molecule has 23 heavy (non-hydrogen) atoms. The Morgan fingerprint density at radius 2 is 2.35 bits per heavy atom. The third-order valence-corrected chi connectivity index (χ3v) is 3.30. The lowest BCUT2D eigenvalue weighted by molar-refractivity contribution is 0.0948. The Hall–Kier alpha value is -1.99. The van der Waals surface area contributed by atoms with Gasteiger partial charge in [-0.3, -0.25) is 10.1 Å². The highest BCUT2D eigenvalue weighted by atomic mass is 19.1. The lowest BCUT2D eigenvalue weighted by Crippen LogP contribution is -2.34. The summed E-state index contributed by atoms with van der Waals surface area (Å²) in [5.74, 6) is -0.955. The molecule has 126 valence electrons. The normalized spacial score (nSPS) is 18.0. The maximum Gasteiger partial charge on any atom is 0.291 e. The van der Waals surface area contributed by atoms with Crippen molar-refractivity contribution in [2.24, 2.45) is 4.99 Å². The zero-order chi connectivity index (χ0) is 16.5. The third-order valence-electron chi connectivity index (χ3n) is 3.30. The fourth-order valence-corrected chi connectivity index (χ4v) is 2.11. The van der Waals surface area contributed by atoms with Crippen LogP contribution in [0.15, 0.2) is 29.3 Å². The summed E-state index contributed by atoms with van der Waals surface area (Å²) >= 11 is 0. The first-order valence-corrected chi connectivity index (χ1v) is 7.53. The van der Waals surface area contributed by atoms with E-state index >= 15 is 0 Å². The Kier molecular flexibility index (Phi) is 6.96. The number of ether oxygens (including phenoxy) is 3. The first kappa shape index (κ1) is 17.4. The Morgan fingerprint density at radius 3 is 3.04 bits per heavy atom. The number of carbonyl (C=O) groups is 1. The molecule has 1 aromatic carbocycles. The van der Waals surface area contributed by atoms with Gasteiger partial charge in [-0.25, -0.2) is 9.38 Å². The predicted molar refractivity (Wildman–Crippen MR) is 83.0 cm³/mol. The zero-order valence-electron chi connectivity index (χ0n) is 13.1. The largest absolute Gasteiger partial charge is 0.463 e. The monoisotopic (exact) mass is 324 g/mol. The van der Waals surface area contributed by atoms with Gasteiger partial charge in [0.25, 0.3) is 11.9 Å². The van der Waals surface area contributed by atoms with Crippen LogP contribution in [0.4, 0.5) is 4.39 Å². The molecule has 0 aliphatic carbocycles. The molecule has 1 aliphatic rings. The maximum atomic E-state index is 13.2. The molecule has 2 rings (SSSR count). The Morgan fingerprint density at radius 1 is 1.48 bits per heavy atom. The molecule has 6 nitrogen and oxygen atoms in total. The summed E-state index contributed by atoms with van der Waals surface area (Å²) in [6, 6.07) is 5.51. The summed E-state index contributed by atoms with van der Waals surface area (Å²) in [7, 11) is 1.55. The van der Waals surface area contributed by atoms with E-state index in [9.17, 15) is 9.18 Å². The number of nitrogens with one attached hydrogen (secondary N) is 1. The highest BCUT2D eigenvalue weighted by Crippen LogP contribution is 2.12. The molecule has 1 amide bonds. The fourth-order valence-electron chi connectivity index (χ4n) is 2.11. The quantitative estimate of drug-likeness (QED) is 0.492. The van der Waals surface area contributed by atoms with Crippen LogP contribution in [0.5, 0.6) is 0 Å². The third kappa shape index (κ3) is 5.96. The molecule has 1 heterocycles. The highest BCUT2D eigenvalue weighted by Gasteiger charge is 2.16. The van der Waals surface area contributed by atoms with Gasteiger partial charge >= 0.3 is 0 Å². The van der Waals surface area contributed by atoms with E-state index in [0.717, 1.165) is 25.5 Å². The number of nitrogens with zero attached hydrogens (tertiary/aromatic N) is 1. The van der Waals surface area contributed by atoms with Crippen LogP contribution in [-0.2, 0) is 14.2 Å². The summed E-state index contributed by atoms with van der Waals surface area (Å²) in [4.78, 5) is 16.4. The van der Waals surface area contributed by atoms with Gasteiger partial charge < -0.3 is 14.2 Å². The van der Waals surface area contributed by atoms with Crippen molar-refractivity contribution in [2.45, 2.75) is 18.9 Å². The minimum atomic E-state index is -0.479. The van der Waals surface area contributed by atoms with Crippen molar-refractivity contribution >= 4 is 11.9 Å². The number of methoxy groups -OCH3 is 1. The van der Waals surface area contributed by atoms with E-state index < -0.39 is 11.7 Å². The average Bonchev–Trinajstić information content (AvgIpc) is 3.06. The van der Waals surface area contributed by atoms with E-state index in [1.807, 2.05) is 0 Å². The highest BCUT2D eigenvalue weighted by molar-refractivity contribution is 6.04. The molecule has 0 radical (unpaired) electrons. The van der Waals surface area contributed by atoms with E-state index in [1.54, 1.807) is 7.11 Å². The zero-order valence-corrected chi connectivity index (χ0v) is 13.1. The van der Waals surface area contributed by atoms with Gasteiger partial charge in [-0.05, 0) is 31.0 Å². The van der Waals surface area contributed by atoms with Crippen LogP contribution in [0.25, 0.3) is 0 Å². The standard InChI is InChI=1S/C16H21FN2O4/c1-21-8-9-23-16(18-11-14-6-3-7-22-14)19-15(20)12-4-2-5-13(17)10-12/h2,4-5,10,14H,3,6-9,11H2,1H3,(H,18,19,20). The summed E-state index contributed by atoms with van der Waals surface area (Å²) in [6.45, 7) is 1.76. The van der Waals surface area contributed by atoms with Crippen molar-refractivity contribution in [3.63, 3.8) is 0 Å². The molecule has 1 aromatic rings. The summed E-state index contributed by atoms with van der Waals surface area (Å²) in [5, 5.41) is 2.55. The van der Waals surface area contributed by atoms with Crippen LogP contribution in [0.1, 0.15) is 23.2 Å². The van der Waals surface area contributed by atoms with E-state index in [-0.39, 0.29) is 24.3 Å². The number of amides is 1. The van der Waals surface area contributed by atoms with Crippen LogP contribution >= 0.6 is 0 Å². The van der Waals surface area contributed by atoms with Crippen molar-refractivity contribution < 1.29 is 23.4 Å². The van der Waals surface area contributed by atoms with Gasteiger partial charge in [0.05, 0.1) is 19.3 Å².